The van der Waals surface area contributed by atoms with E-state index >= 15 is 0 Å². The van der Waals surface area contributed by atoms with E-state index in [1.807, 2.05) is 0 Å². The number of nitrogens with two attached hydrogens (primary N) is 1. The van der Waals surface area contributed by atoms with E-state index in [1.165, 1.54) is 37.4 Å². The lowest BCUT2D eigenvalue weighted by molar-refractivity contribution is -0.265. The van der Waals surface area contributed by atoms with Crippen molar-refractivity contribution in [2.45, 2.75) is 24.1 Å². The number of ether oxygens (including phenoxy) is 1. The maximum Gasteiger partial charge on any atom is 0.424 e. The normalized spacial score (nSPS) is 18.3. The molecule has 3 aromatic heterocycles. The van der Waals surface area contributed by atoms with E-state index in [9.17, 15) is 32.3 Å². The highest BCUT2D eigenvalue weighted by Gasteiger charge is 2.57. The number of carbonyl (C=O) groups is 2. The average Bonchev–Trinajstić information content (AvgIpc) is 3.51. The number of tetrazole rings is 1. The van der Waals surface area contributed by atoms with Gasteiger partial charge in [0.2, 0.25) is 11.5 Å². The first-order chi connectivity index (χ1) is 18.3. The number of aromatic nitrogens is 5. The van der Waals surface area contributed by atoms with Crippen LogP contribution in [0, 0.1) is 5.82 Å². The molecule has 39 heavy (non-hydrogen) atoms. The molecule has 4 N–H and O–H groups in total. The maximum absolute atomic E-state index is 14.5. The standard InChI is InChI=1S/C24H19F4N7O4/c1-22(21(29)37)11-39-19-15(22)8-16(31-18(19)12-2-5-14(25)6-3-12)23(38,24(26,27)28)10-30-20(36)13-4-7-17-32-33-34-35(17)9-13/h2-9,38H,10-11H2,1H3,(H2,29,37)(H,30,36)/t22-,23?/m0/s1. The summed E-state index contributed by atoms with van der Waals surface area (Å²) < 4.78 is 63.7. The van der Waals surface area contributed by atoms with Gasteiger partial charge in [-0.05, 0) is 59.8 Å². The Balaban J connectivity index is 1.59. The minimum Gasteiger partial charge on any atom is -0.489 e. The number of rotatable bonds is 6. The van der Waals surface area contributed by atoms with Crippen LogP contribution in [0.25, 0.3) is 16.9 Å². The van der Waals surface area contributed by atoms with E-state index in [0.29, 0.717) is 5.65 Å². The number of carbonyl (C=O) groups excluding carboxylic acids is 2. The zero-order valence-electron chi connectivity index (χ0n) is 20.0. The van der Waals surface area contributed by atoms with Gasteiger partial charge in [-0.3, -0.25) is 9.59 Å². The molecule has 0 spiro atoms. The number of primary amides is 1. The summed E-state index contributed by atoms with van der Waals surface area (Å²) in [6.07, 6.45) is -4.14. The lowest BCUT2D eigenvalue weighted by Crippen LogP contribution is -2.51. The van der Waals surface area contributed by atoms with Crippen molar-refractivity contribution in [2.24, 2.45) is 5.73 Å². The molecule has 0 radical (unpaired) electrons. The van der Waals surface area contributed by atoms with Crippen molar-refractivity contribution in [3.63, 3.8) is 0 Å². The topological polar surface area (TPSA) is 158 Å². The highest BCUT2D eigenvalue weighted by Crippen LogP contribution is 2.47. The molecule has 0 aliphatic carbocycles. The monoisotopic (exact) mass is 545 g/mol. The Bertz CT molecular complexity index is 1610. The molecule has 2 atom stereocenters. The largest absolute Gasteiger partial charge is 0.489 e. The zero-order chi connectivity index (χ0) is 28.2. The molecule has 5 rings (SSSR count). The van der Waals surface area contributed by atoms with Gasteiger partial charge in [0, 0.05) is 17.3 Å². The van der Waals surface area contributed by atoms with E-state index in [0.717, 1.165) is 22.7 Å². The molecule has 1 aromatic carbocycles. The second-order valence-corrected chi connectivity index (χ2v) is 9.16. The molecule has 1 aliphatic rings. The van der Waals surface area contributed by atoms with E-state index in [4.69, 9.17) is 10.5 Å². The van der Waals surface area contributed by atoms with Crippen molar-refractivity contribution in [1.29, 1.82) is 0 Å². The average molecular weight is 545 g/mol. The molecule has 15 heteroatoms. The van der Waals surface area contributed by atoms with Crippen LogP contribution in [-0.2, 0) is 15.8 Å². The number of halogens is 4. The van der Waals surface area contributed by atoms with Crippen LogP contribution in [0.3, 0.4) is 0 Å². The second-order valence-electron chi connectivity index (χ2n) is 9.16. The molecule has 0 saturated heterocycles. The first-order valence-corrected chi connectivity index (χ1v) is 11.3. The lowest BCUT2D eigenvalue weighted by Gasteiger charge is -2.31. The number of hydrogen-bond acceptors (Lipinski definition) is 8. The summed E-state index contributed by atoms with van der Waals surface area (Å²) in [6, 6.07) is 8.21. The summed E-state index contributed by atoms with van der Waals surface area (Å²) in [4.78, 5) is 29.0. The Kier molecular flexibility index (Phi) is 5.97. The molecule has 0 saturated carbocycles. The minimum atomic E-state index is -5.34. The van der Waals surface area contributed by atoms with Gasteiger partial charge in [0.05, 0.1) is 17.8 Å². The van der Waals surface area contributed by atoms with Crippen LogP contribution in [0.2, 0.25) is 0 Å². The third-order valence-corrected chi connectivity index (χ3v) is 6.59. The Morgan fingerprint density at radius 3 is 2.59 bits per heavy atom. The molecular weight excluding hydrogens is 526 g/mol. The van der Waals surface area contributed by atoms with Crippen LogP contribution >= 0.6 is 0 Å². The molecule has 1 unspecified atom stereocenters. The van der Waals surface area contributed by atoms with Gasteiger partial charge in [-0.2, -0.15) is 17.7 Å². The highest BCUT2D eigenvalue weighted by atomic mass is 19.4. The summed E-state index contributed by atoms with van der Waals surface area (Å²) in [5.41, 5.74) is -0.494. The zero-order valence-corrected chi connectivity index (χ0v) is 20.0. The Morgan fingerprint density at radius 1 is 1.21 bits per heavy atom. The van der Waals surface area contributed by atoms with Crippen molar-refractivity contribution >= 4 is 17.5 Å². The predicted octanol–water partition coefficient (Wildman–Crippen LogP) is 1.64. The fraction of sp³-hybridized carbons (Fsp3) is 0.250. The van der Waals surface area contributed by atoms with Crippen LogP contribution in [-0.4, -0.2) is 61.3 Å². The van der Waals surface area contributed by atoms with Crippen molar-refractivity contribution in [3.8, 4) is 17.0 Å². The smallest absolute Gasteiger partial charge is 0.424 e. The van der Waals surface area contributed by atoms with E-state index in [2.05, 4.69) is 25.8 Å². The molecule has 11 nitrogen and oxygen atoms in total. The third-order valence-electron chi connectivity index (χ3n) is 6.59. The number of aliphatic hydroxyl groups is 1. The molecule has 4 heterocycles. The summed E-state index contributed by atoms with van der Waals surface area (Å²) in [5, 5.41) is 23.8. The summed E-state index contributed by atoms with van der Waals surface area (Å²) >= 11 is 0. The molecule has 0 bridgehead atoms. The molecule has 4 aromatic rings. The fourth-order valence-corrected chi connectivity index (χ4v) is 4.12. The van der Waals surface area contributed by atoms with Crippen molar-refractivity contribution in [3.05, 3.63) is 71.3 Å². The fourth-order valence-electron chi connectivity index (χ4n) is 4.12. The SMILES string of the molecule is C[C@]1(C(N)=O)COc2c1cc(C(O)(CNC(=O)c1ccc3nnnn3c1)C(F)(F)F)nc2-c1ccc(F)cc1. The van der Waals surface area contributed by atoms with Gasteiger partial charge in [-0.25, -0.2) is 9.37 Å². The predicted molar refractivity (Wildman–Crippen MR) is 125 cm³/mol. The van der Waals surface area contributed by atoms with Gasteiger partial charge >= 0.3 is 6.18 Å². The number of nitrogens with one attached hydrogen (secondary N) is 1. The quantitative estimate of drug-likeness (QED) is 0.309. The number of fused-ring (bicyclic) bond motifs is 2. The van der Waals surface area contributed by atoms with Crippen molar-refractivity contribution in [1.82, 2.24) is 30.3 Å². The molecule has 202 valence electrons. The number of nitrogens with zero attached hydrogens (tertiary/aromatic N) is 5. The van der Waals surface area contributed by atoms with Crippen molar-refractivity contribution < 1.29 is 37.0 Å². The maximum atomic E-state index is 14.5. The lowest BCUT2D eigenvalue weighted by atomic mass is 9.81. The first-order valence-electron chi connectivity index (χ1n) is 11.3. The van der Waals surface area contributed by atoms with Crippen LogP contribution in [0.4, 0.5) is 17.6 Å². The van der Waals surface area contributed by atoms with Crippen LogP contribution in [0.15, 0.2) is 48.7 Å². The molecule has 0 fully saturated rings. The Labute approximate surface area is 216 Å². The van der Waals surface area contributed by atoms with Crippen LogP contribution in [0.5, 0.6) is 5.75 Å². The molecular formula is C24H19F4N7O4. The van der Waals surface area contributed by atoms with E-state index < -0.39 is 47.1 Å². The van der Waals surface area contributed by atoms with E-state index in [1.54, 1.807) is 0 Å². The van der Waals surface area contributed by atoms with Crippen LogP contribution < -0.4 is 15.8 Å². The Hall–Kier alpha value is -4.66. The van der Waals surface area contributed by atoms with Gasteiger partial charge in [-0.15, -0.1) is 5.10 Å². The van der Waals surface area contributed by atoms with Crippen LogP contribution in [0.1, 0.15) is 28.5 Å². The minimum absolute atomic E-state index is 0.0324. The number of hydrogen-bond donors (Lipinski definition) is 3. The first kappa shape index (κ1) is 26.0. The number of amides is 2. The van der Waals surface area contributed by atoms with Crippen molar-refractivity contribution in [2.75, 3.05) is 13.2 Å². The number of pyridine rings is 2. The number of benzene rings is 1. The Morgan fingerprint density at radius 2 is 1.92 bits per heavy atom. The number of alkyl halides is 3. The second kappa shape index (κ2) is 8.97. The molecule has 2 amide bonds. The van der Waals surface area contributed by atoms with Gasteiger partial charge in [0.1, 0.15) is 29.3 Å². The highest BCUT2D eigenvalue weighted by molar-refractivity contribution is 5.94. The summed E-state index contributed by atoms with van der Waals surface area (Å²) in [7, 11) is 0. The summed E-state index contributed by atoms with van der Waals surface area (Å²) in [6.45, 7) is -0.257. The van der Waals surface area contributed by atoms with E-state index in [-0.39, 0.29) is 34.7 Å². The van der Waals surface area contributed by atoms with Gasteiger partial charge in [0.15, 0.2) is 5.65 Å². The summed E-state index contributed by atoms with van der Waals surface area (Å²) in [5.74, 6) is -2.48. The molecule has 1 aliphatic heterocycles. The van der Waals surface area contributed by atoms with Gasteiger partial charge in [-0.1, -0.05) is 0 Å². The van der Waals surface area contributed by atoms with Gasteiger partial charge in [0.25, 0.3) is 5.91 Å². The third kappa shape index (κ3) is 4.29. The van der Waals surface area contributed by atoms with Gasteiger partial charge < -0.3 is 20.9 Å².